The zero-order valence-corrected chi connectivity index (χ0v) is 5.89. The summed E-state index contributed by atoms with van der Waals surface area (Å²) in [6.07, 6.45) is 0. The van der Waals surface area contributed by atoms with E-state index >= 15 is 0 Å². The second kappa shape index (κ2) is 3.61. The van der Waals surface area contributed by atoms with E-state index in [4.69, 9.17) is 5.73 Å². The van der Waals surface area contributed by atoms with Crippen LogP contribution >= 0.6 is 0 Å². The van der Waals surface area contributed by atoms with Gasteiger partial charge in [-0.1, -0.05) is 18.2 Å². The first kappa shape index (κ1) is 8.62. The Kier molecular flexibility index (Phi) is 3.45. The summed E-state index contributed by atoms with van der Waals surface area (Å²) in [6.45, 7) is 2.00. The molecule has 44 valence electrons. The van der Waals surface area contributed by atoms with E-state index in [0.29, 0.717) is 0 Å². The van der Waals surface area contributed by atoms with Crippen LogP contribution in [0.4, 0.5) is 5.69 Å². The zero-order valence-electron chi connectivity index (χ0n) is 6.89. The molecule has 0 saturated heterocycles. The van der Waals surface area contributed by atoms with Gasteiger partial charge in [0.2, 0.25) is 0 Å². The van der Waals surface area contributed by atoms with Crippen molar-refractivity contribution in [2.75, 3.05) is 5.73 Å². The summed E-state index contributed by atoms with van der Waals surface area (Å²) in [6, 6.07) is 7.80. The van der Waals surface area contributed by atoms with Crippen LogP contribution in [0.3, 0.4) is 0 Å². The van der Waals surface area contributed by atoms with Crippen LogP contribution < -0.4 is 24.6 Å². The fourth-order valence-corrected chi connectivity index (χ4v) is 0.587. The second-order valence-corrected chi connectivity index (χ2v) is 1.86. The van der Waals surface area contributed by atoms with Crippen LogP contribution in [0.5, 0.6) is 0 Å². The third kappa shape index (κ3) is 2.13. The zero-order chi connectivity index (χ0) is 5.98. The van der Waals surface area contributed by atoms with E-state index in [0.717, 1.165) is 11.3 Å². The molecule has 0 radical (unpaired) electrons. The molecule has 0 saturated carbocycles. The molecule has 1 aromatic carbocycles. The van der Waals surface area contributed by atoms with Gasteiger partial charge in [0.15, 0.2) is 0 Å². The number of rotatable bonds is 0. The topological polar surface area (TPSA) is 26.0 Å². The maximum Gasteiger partial charge on any atom is 1.00 e. The molecule has 2 heteroatoms. The standard InChI is InChI=1S/C7H9N.Li.H/c1-6-4-2-3-5-7(6)8;;/h2-5H,8H2,1H3;;/q;+1;-1. The number of benzene rings is 1. The molecular formula is C7H10LiN. The molecule has 1 aromatic rings. The molecule has 0 fully saturated rings. The number of hydrogen-bond acceptors (Lipinski definition) is 1. The van der Waals surface area contributed by atoms with Crippen LogP contribution in [0, 0.1) is 6.92 Å². The Morgan fingerprint density at radius 3 is 2.22 bits per heavy atom. The number of para-hydroxylation sites is 1. The molecule has 9 heavy (non-hydrogen) atoms. The minimum absolute atomic E-state index is 0. The number of hydrogen-bond donors (Lipinski definition) is 1. The van der Waals surface area contributed by atoms with E-state index in [9.17, 15) is 0 Å². The van der Waals surface area contributed by atoms with Crippen molar-refractivity contribution in [2.45, 2.75) is 6.92 Å². The third-order valence-electron chi connectivity index (χ3n) is 1.19. The molecule has 0 amide bonds. The molecule has 0 aliphatic carbocycles. The van der Waals surface area contributed by atoms with Gasteiger partial charge >= 0.3 is 18.9 Å². The van der Waals surface area contributed by atoms with Gasteiger partial charge in [0.25, 0.3) is 0 Å². The van der Waals surface area contributed by atoms with Crippen molar-refractivity contribution in [1.29, 1.82) is 0 Å². The molecule has 0 heterocycles. The third-order valence-corrected chi connectivity index (χ3v) is 1.19. The molecule has 0 bridgehead atoms. The predicted octanol–water partition coefficient (Wildman–Crippen LogP) is -1.31. The van der Waals surface area contributed by atoms with E-state index in [1.165, 1.54) is 0 Å². The van der Waals surface area contributed by atoms with Crippen LogP contribution in [0.1, 0.15) is 6.99 Å². The number of anilines is 1. The van der Waals surface area contributed by atoms with E-state index in [1.807, 2.05) is 31.2 Å². The largest absolute Gasteiger partial charge is 1.00 e. The SMILES string of the molecule is Cc1ccccc1N.[H-].[Li+]. The second-order valence-electron chi connectivity index (χ2n) is 1.86. The summed E-state index contributed by atoms with van der Waals surface area (Å²) in [5.74, 6) is 0. The van der Waals surface area contributed by atoms with Crippen molar-refractivity contribution in [1.82, 2.24) is 0 Å². The van der Waals surface area contributed by atoms with E-state index in [2.05, 4.69) is 0 Å². The van der Waals surface area contributed by atoms with Crippen molar-refractivity contribution in [3.63, 3.8) is 0 Å². The van der Waals surface area contributed by atoms with Crippen LogP contribution in [0.25, 0.3) is 0 Å². The van der Waals surface area contributed by atoms with Crippen LogP contribution in [-0.2, 0) is 0 Å². The summed E-state index contributed by atoms with van der Waals surface area (Å²) < 4.78 is 0. The van der Waals surface area contributed by atoms with Gasteiger partial charge in [-0.25, -0.2) is 0 Å². The minimum atomic E-state index is 0. The Labute approximate surface area is 68.9 Å². The van der Waals surface area contributed by atoms with Gasteiger partial charge in [0, 0.05) is 5.69 Å². The van der Waals surface area contributed by atoms with Crippen molar-refractivity contribution in [3.8, 4) is 0 Å². The normalized spacial score (nSPS) is 8.11. The van der Waals surface area contributed by atoms with Crippen LogP contribution in [-0.4, -0.2) is 0 Å². The van der Waals surface area contributed by atoms with Gasteiger partial charge in [-0.3, -0.25) is 0 Å². The molecule has 2 N–H and O–H groups in total. The van der Waals surface area contributed by atoms with E-state index in [-0.39, 0.29) is 20.3 Å². The molecule has 0 aliphatic heterocycles. The molecule has 0 aliphatic rings. The first-order valence-electron chi connectivity index (χ1n) is 2.62. The van der Waals surface area contributed by atoms with E-state index < -0.39 is 0 Å². The molecule has 0 aromatic heterocycles. The number of aryl methyl sites for hydroxylation is 1. The van der Waals surface area contributed by atoms with Crippen molar-refractivity contribution in [3.05, 3.63) is 29.8 Å². The summed E-state index contributed by atoms with van der Waals surface area (Å²) in [7, 11) is 0. The van der Waals surface area contributed by atoms with Crippen molar-refractivity contribution >= 4 is 5.69 Å². The van der Waals surface area contributed by atoms with Crippen molar-refractivity contribution in [2.24, 2.45) is 0 Å². The first-order chi connectivity index (χ1) is 3.80. The summed E-state index contributed by atoms with van der Waals surface area (Å²) in [5, 5.41) is 0. The fourth-order valence-electron chi connectivity index (χ4n) is 0.587. The Bertz CT molecular complexity index is 170. The Morgan fingerprint density at radius 2 is 1.89 bits per heavy atom. The van der Waals surface area contributed by atoms with Gasteiger partial charge < -0.3 is 7.16 Å². The number of nitrogen functional groups attached to an aromatic ring is 1. The van der Waals surface area contributed by atoms with Crippen LogP contribution in [0.2, 0.25) is 0 Å². The average molecular weight is 115 g/mol. The fraction of sp³-hybridized carbons (Fsp3) is 0.143. The predicted molar refractivity (Wildman–Crippen MR) is 36.7 cm³/mol. The van der Waals surface area contributed by atoms with Gasteiger partial charge in [0.05, 0.1) is 0 Å². The smallest absolute Gasteiger partial charge is 1.00 e. The summed E-state index contributed by atoms with van der Waals surface area (Å²) in [4.78, 5) is 0. The van der Waals surface area contributed by atoms with Gasteiger partial charge in [0.1, 0.15) is 0 Å². The Morgan fingerprint density at radius 1 is 1.33 bits per heavy atom. The Hall–Kier alpha value is -0.383. The van der Waals surface area contributed by atoms with Gasteiger partial charge in [-0.2, -0.15) is 0 Å². The maximum absolute atomic E-state index is 5.52. The molecule has 0 atom stereocenters. The molecule has 1 nitrogen and oxygen atoms in total. The van der Waals surface area contributed by atoms with Crippen molar-refractivity contribution < 1.29 is 20.3 Å². The summed E-state index contributed by atoms with van der Waals surface area (Å²) >= 11 is 0. The molecule has 1 rings (SSSR count). The van der Waals surface area contributed by atoms with E-state index in [1.54, 1.807) is 0 Å². The van der Waals surface area contributed by atoms with Gasteiger partial charge in [-0.15, -0.1) is 0 Å². The number of nitrogens with two attached hydrogens (primary N) is 1. The molecule has 0 spiro atoms. The average Bonchev–Trinajstić information content (AvgIpc) is 1.77. The quantitative estimate of drug-likeness (QED) is 0.330. The Balaban J connectivity index is 0. The van der Waals surface area contributed by atoms with Gasteiger partial charge in [-0.05, 0) is 18.6 Å². The minimum Gasteiger partial charge on any atom is -1.00 e. The van der Waals surface area contributed by atoms with Crippen LogP contribution in [0.15, 0.2) is 24.3 Å². The summed E-state index contributed by atoms with van der Waals surface area (Å²) in [5.41, 5.74) is 7.53. The monoisotopic (exact) mass is 115 g/mol. The molecule has 0 unspecified atom stereocenters. The first-order valence-corrected chi connectivity index (χ1v) is 2.62. The molecular weight excluding hydrogens is 105 g/mol. The maximum atomic E-state index is 5.52.